The first-order valence-corrected chi connectivity index (χ1v) is 5.86. The maximum absolute atomic E-state index is 5.72. The van der Waals surface area contributed by atoms with Crippen molar-refractivity contribution in [3.05, 3.63) is 35.9 Å². The van der Waals surface area contributed by atoms with Crippen LogP contribution in [0.2, 0.25) is 0 Å². The van der Waals surface area contributed by atoms with Crippen molar-refractivity contribution in [2.75, 3.05) is 19.4 Å². The maximum atomic E-state index is 5.72. The summed E-state index contributed by atoms with van der Waals surface area (Å²) >= 11 is 1.67. The molecule has 1 atom stereocenters. The van der Waals surface area contributed by atoms with E-state index in [0.29, 0.717) is 6.61 Å². The molecule has 0 aromatic heterocycles. The summed E-state index contributed by atoms with van der Waals surface area (Å²) in [5.74, 6) is 0. The molecular formula is C11H13NOS. The van der Waals surface area contributed by atoms with Crippen LogP contribution < -0.4 is 0 Å². The summed E-state index contributed by atoms with van der Waals surface area (Å²) in [7, 11) is 0. The van der Waals surface area contributed by atoms with Crippen molar-refractivity contribution in [2.45, 2.75) is 6.10 Å². The van der Waals surface area contributed by atoms with E-state index in [0.717, 1.165) is 11.6 Å². The van der Waals surface area contributed by atoms with E-state index in [-0.39, 0.29) is 6.10 Å². The van der Waals surface area contributed by atoms with Gasteiger partial charge in [0.05, 0.1) is 18.2 Å². The molecule has 1 aromatic carbocycles. The predicted molar refractivity (Wildman–Crippen MR) is 61.0 cm³/mol. The molecule has 0 aliphatic carbocycles. The minimum Gasteiger partial charge on any atom is -0.365 e. The van der Waals surface area contributed by atoms with Crippen molar-refractivity contribution in [2.24, 2.45) is 4.99 Å². The molecule has 1 heterocycles. The highest BCUT2D eigenvalue weighted by atomic mass is 32.2. The fourth-order valence-corrected chi connectivity index (χ4v) is 1.84. The Labute approximate surface area is 88.4 Å². The molecule has 1 aliphatic heterocycles. The molecule has 14 heavy (non-hydrogen) atoms. The van der Waals surface area contributed by atoms with E-state index in [2.05, 4.69) is 17.1 Å². The van der Waals surface area contributed by atoms with Gasteiger partial charge in [-0.2, -0.15) is 0 Å². The molecule has 2 nitrogen and oxygen atoms in total. The monoisotopic (exact) mass is 207 g/mol. The quantitative estimate of drug-likeness (QED) is 0.705. The Hall–Kier alpha value is -0.800. The van der Waals surface area contributed by atoms with Gasteiger partial charge >= 0.3 is 0 Å². The third kappa shape index (κ3) is 2.16. The summed E-state index contributed by atoms with van der Waals surface area (Å²) in [6, 6.07) is 10.3. The average Bonchev–Trinajstić information content (AvgIpc) is 2.30. The topological polar surface area (TPSA) is 21.6 Å². The number of benzene rings is 1. The maximum Gasteiger partial charge on any atom is 0.103 e. The largest absolute Gasteiger partial charge is 0.365 e. The smallest absolute Gasteiger partial charge is 0.103 e. The molecule has 0 radical (unpaired) electrons. The van der Waals surface area contributed by atoms with Gasteiger partial charge in [-0.25, -0.2) is 0 Å². The zero-order valence-corrected chi connectivity index (χ0v) is 8.96. The number of aliphatic imine (C=N–C) groups is 1. The van der Waals surface area contributed by atoms with Crippen LogP contribution in [0.4, 0.5) is 0 Å². The summed E-state index contributed by atoms with van der Waals surface area (Å²) in [5.41, 5.74) is 1.22. The van der Waals surface area contributed by atoms with Gasteiger partial charge in [0.15, 0.2) is 0 Å². The Bertz CT molecular complexity index is 323. The van der Waals surface area contributed by atoms with Gasteiger partial charge in [0.25, 0.3) is 0 Å². The standard InChI is InChI=1S/C11H13NOS/c1-14-11-8-13-10(7-12-11)9-5-3-2-4-6-9/h2-6,10H,7-8H2,1H3. The fourth-order valence-electron chi connectivity index (χ4n) is 1.45. The van der Waals surface area contributed by atoms with Crippen LogP contribution in [0, 0.1) is 0 Å². The van der Waals surface area contributed by atoms with Crippen LogP contribution in [0.25, 0.3) is 0 Å². The number of nitrogens with zero attached hydrogens (tertiary/aromatic N) is 1. The molecule has 0 bridgehead atoms. The molecule has 3 heteroatoms. The molecule has 1 aliphatic rings. The van der Waals surface area contributed by atoms with Gasteiger partial charge < -0.3 is 4.74 Å². The van der Waals surface area contributed by atoms with E-state index in [1.54, 1.807) is 11.8 Å². The highest BCUT2D eigenvalue weighted by molar-refractivity contribution is 8.13. The Morgan fingerprint density at radius 2 is 2.14 bits per heavy atom. The highest BCUT2D eigenvalue weighted by Crippen LogP contribution is 2.21. The molecule has 0 saturated carbocycles. The average molecular weight is 207 g/mol. The Morgan fingerprint density at radius 3 is 2.71 bits per heavy atom. The normalized spacial score (nSPS) is 21.8. The van der Waals surface area contributed by atoms with E-state index in [1.165, 1.54) is 5.56 Å². The number of hydrogen-bond donors (Lipinski definition) is 0. The van der Waals surface area contributed by atoms with Crippen LogP contribution in [0.15, 0.2) is 35.3 Å². The number of hydrogen-bond acceptors (Lipinski definition) is 3. The van der Waals surface area contributed by atoms with E-state index in [1.807, 2.05) is 24.5 Å². The van der Waals surface area contributed by atoms with E-state index in [9.17, 15) is 0 Å². The molecule has 0 amide bonds. The highest BCUT2D eigenvalue weighted by Gasteiger charge is 2.16. The van der Waals surface area contributed by atoms with Crippen LogP contribution in [0.5, 0.6) is 0 Å². The zero-order chi connectivity index (χ0) is 9.80. The Balaban J connectivity index is 2.06. The predicted octanol–water partition coefficient (Wildman–Crippen LogP) is 2.52. The van der Waals surface area contributed by atoms with Crippen molar-refractivity contribution in [1.29, 1.82) is 0 Å². The van der Waals surface area contributed by atoms with Crippen molar-refractivity contribution >= 4 is 16.8 Å². The number of thioether (sulfide) groups is 1. The second-order valence-corrected chi connectivity index (χ2v) is 4.03. The first-order chi connectivity index (χ1) is 6.90. The van der Waals surface area contributed by atoms with Crippen molar-refractivity contribution in [1.82, 2.24) is 0 Å². The van der Waals surface area contributed by atoms with E-state index in [4.69, 9.17) is 4.74 Å². The molecular weight excluding hydrogens is 194 g/mol. The van der Waals surface area contributed by atoms with Crippen molar-refractivity contribution in [3.63, 3.8) is 0 Å². The van der Waals surface area contributed by atoms with Crippen molar-refractivity contribution < 1.29 is 4.74 Å². The first-order valence-electron chi connectivity index (χ1n) is 4.64. The van der Waals surface area contributed by atoms with Gasteiger partial charge in [-0.3, -0.25) is 4.99 Å². The third-order valence-corrected chi connectivity index (χ3v) is 2.97. The minimum atomic E-state index is 0.145. The SMILES string of the molecule is CSC1=NCC(c2ccccc2)OC1. The molecule has 0 fully saturated rings. The van der Waals surface area contributed by atoms with Gasteiger partial charge in [0, 0.05) is 0 Å². The summed E-state index contributed by atoms with van der Waals surface area (Å²) < 4.78 is 5.72. The van der Waals surface area contributed by atoms with Gasteiger partial charge in [-0.05, 0) is 11.8 Å². The van der Waals surface area contributed by atoms with Crippen molar-refractivity contribution in [3.8, 4) is 0 Å². The fraction of sp³-hybridized carbons (Fsp3) is 0.364. The molecule has 1 aromatic rings. The summed E-state index contributed by atoms with van der Waals surface area (Å²) in [6.45, 7) is 1.40. The Morgan fingerprint density at radius 1 is 1.36 bits per heavy atom. The third-order valence-electron chi connectivity index (χ3n) is 2.25. The summed E-state index contributed by atoms with van der Waals surface area (Å²) in [6.07, 6.45) is 2.18. The lowest BCUT2D eigenvalue weighted by Gasteiger charge is -2.21. The van der Waals surface area contributed by atoms with E-state index < -0.39 is 0 Å². The summed E-state index contributed by atoms with van der Waals surface area (Å²) in [5, 5.41) is 1.09. The first kappa shape index (κ1) is 9.74. The van der Waals surface area contributed by atoms with Crippen LogP contribution in [-0.4, -0.2) is 24.5 Å². The molecule has 0 saturated heterocycles. The van der Waals surface area contributed by atoms with Crippen LogP contribution in [0.1, 0.15) is 11.7 Å². The van der Waals surface area contributed by atoms with Crippen LogP contribution in [0.3, 0.4) is 0 Å². The van der Waals surface area contributed by atoms with Gasteiger partial charge in [-0.1, -0.05) is 30.3 Å². The zero-order valence-electron chi connectivity index (χ0n) is 8.14. The van der Waals surface area contributed by atoms with Gasteiger partial charge in [-0.15, -0.1) is 11.8 Å². The van der Waals surface area contributed by atoms with Crippen LogP contribution >= 0.6 is 11.8 Å². The number of ether oxygens (including phenoxy) is 1. The minimum absolute atomic E-state index is 0.145. The molecule has 1 unspecified atom stereocenters. The molecule has 74 valence electrons. The molecule has 0 N–H and O–H groups in total. The molecule has 0 spiro atoms. The van der Waals surface area contributed by atoms with Gasteiger partial charge in [0.2, 0.25) is 0 Å². The van der Waals surface area contributed by atoms with Gasteiger partial charge in [0.1, 0.15) is 6.10 Å². The second kappa shape index (κ2) is 4.62. The second-order valence-electron chi connectivity index (χ2n) is 3.15. The van der Waals surface area contributed by atoms with E-state index >= 15 is 0 Å². The molecule has 2 rings (SSSR count). The lowest BCUT2D eigenvalue weighted by atomic mass is 10.1. The summed E-state index contributed by atoms with van der Waals surface area (Å²) in [4.78, 5) is 4.46. The lowest BCUT2D eigenvalue weighted by Crippen LogP contribution is -2.19. The number of rotatable bonds is 1. The lowest BCUT2D eigenvalue weighted by molar-refractivity contribution is 0.0814. The van der Waals surface area contributed by atoms with Crippen LogP contribution in [-0.2, 0) is 4.74 Å². The Kier molecular flexibility index (Phi) is 3.22.